The Morgan fingerprint density at radius 2 is 2.38 bits per heavy atom. The number of nitrogens with zero attached hydrogens (tertiary/aromatic N) is 3. The van der Waals surface area contributed by atoms with E-state index in [1.54, 1.807) is 0 Å². The van der Waals surface area contributed by atoms with Gasteiger partial charge in [-0.2, -0.15) is 5.26 Å². The number of aliphatic imine (C=N–C) groups is 1. The maximum atomic E-state index is 12.3. The van der Waals surface area contributed by atoms with Crippen LogP contribution in [0.5, 0.6) is 0 Å². The molecule has 3 rings (SSSR count). The number of fused-ring (bicyclic) bond motifs is 1. The van der Waals surface area contributed by atoms with Crippen LogP contribution in [0.1, 0.15) is 28.1 Å². The SMILES string of the molecule is COC(=O)c1c(C)oc(NC(=O)CC2=CSC3=NCCN23)c1C#N. The Morgan fingerprint density at radius 1 is 1.58 bits per heavy atom. The second-order valence-electron chi connectivity index (χ2n) is 5.11. The van der Waals surface area contributed by atoms with Crippen molar-refractivity contribution in [3.63, 3.8) is 0 Å². The number of amidine groups is 1. The predicted molar refractivity (Wildman–Crippen MR) is 87.4 cm³/mol. The first-order valence-corrected chi connectivity index (χ1v) is 8.02. The second-order valence-corrected chi connectivity index (χ2v) is 5.95. The largest absolute Gasteiger partial charge is 0.465 e. The number of nitrogens with one attached hydrogen (secondary N) is 1. The van der Waals surface area contributed by atoms with Crippen LogP contribution in [-0.2, 0) is 9.53 Å². The summed E-state index contributed by atoms with van der Waals surface area (Å²) in [4.78, 5) is 30.3. The van der Waals surface area contributed by atoms with Crippen LogP contribution in [0, 0.1) is 18.3 Å². The van der Waals surface area contributed by atoms with E-state index in [9.17, 15) is 14.9 Å². The Bertz CT molecular complexity index is 818. The van der Waals surface area contributed by atoms with Crippen molar-refractivity contribution in [3.05, 3.63) is 28.0 Å². The number of rotatable bonds is 4. The van der Waals surface area contributed by atoms with Gasteiger partial charge in [-0.1, -0.05) is 11.8 Å². The summed E-state index contributed by atoms with van der Waals surface area (Å²) in [7, 11) is 1.22. The molecule has 0 fully saturated rings. The monoisotopic (exact) mass is 346 g/mol. The third-order valence-corrected chi connectivity index (χ3v) is 4.58. The molecule has 1 aromatic rings. The zero-order valence-electron chi connectivity index (χ0n) is 13.1. The van der Waals surface area contributed by atoms with Crippen LogP contribution in [0.2, 0.25) is 0 Å². The number of hydrogen-bond acceptors (Lipinski definition) is 8. The van der Waals surface area contributed by atoms with Crippen molar-refractivity contribution < 1.29 is 18.7 Å². The van der Waals surface area contributed by atoms with Gasteiger partial charge in [-0.25, -0.2) is 4.79 Å². The molecule has 2 aliphatic rings. The molecule has 0 atom stereocenters. The number of ether oxygens (including phenoxy) is 1. The van der Waals surface area contributed by atoms with Crippen molar-refractivity contribution in [2.75, 3.05) is 25.5 Å². The Labute approximate surface area is 142 Å². The van der Waals surface area contributed by atoms with Gasteiger partial charge in [0.25, 0.3) is 0 Å². The Balaban J connectivity index is 1.74. The molecule has 0 bridgehead atoms. The first kappa shape index (κ1) is 16.1. The molecule has 24 heavy (non-hydrogen) atoms. The lowest BCUT2D eigenvalue weighted by Gasteiger charge is -2.15. The van der Waals surface area contributed by atoms with Crippen LogP contribution in [0.3, 0.4) is 0 Å². The van der Waals surface area contributed by atoms with Crippen molar-refractivity contribution in [2.24, 2.45) is 4.99 Å². The maximum Gasteiger partial charge on any atom is 0.342 e. The lowest BCUT2D eigenvalue weighted by Crippen LogP contribution is -2.24. The number of carbonyl (C=O) groups excluding carboxylic acids is 2. The molecule has 8 nitrogen and oxygen atoms in total. The number of amides is 1. The summed E-state index contributed by atoms with van der Waals surface area (Å²) in [5.74, 6) is -0.835. The van der Waals surface area contributed by atoms with Crippen molar-refractivity contribution in [2.45, 2.75) is 13.3 Å². The lowest BCUT2D eigenvalue weighted by molar-refractivity contribution is -0.115. The van der Waals surface area contributed by atoms with E-state index in [1.807, 2.05) is 16.4 Å². The summed E-state index contributed by atoms with van der Waals surface area (Å²) >= 11 is 1.49. The molecule has 0 aromatic carbocycles. The normalized spacial score (nSPS) is 15.5. The fraction of sp³-hybridized carbons (Fsp3) is 0.333. The van der Waals surface area contributed by atoms with Crippen LogP contribution in [0.25, 0.3) is 0 Å². The molecule has 0 unspecified atom stereocenters. The minimum absolute atomic E-state index is 0.0277. The highest BCUT2D eigenvalue weighted by Gasteiger charge is 2.29. The van der Waals surface area contributed by atoms with Gasteiger partial charge in [0.15, 0.2) is 5.17 Å². The van der Waals surface area contributed by atoms with Crippen LogP contribution in [0.4, 0.5) is 5.88 Å². The van der Waals surface area contributed by atoms with Gasteiger partial charge in [0.1, 0.15) is 23.0 Å². The molecule has 9 heteroatoms. The van der Waals surface area contributed by atoms with E-state index in [2.05, 4.69) is 15.0 Å². The van der Waals surface area contributed by atoms with E-state index in [-0.39, 0.29) is 35.1 Å². The Hall–Kier alpha value is -2.73. The molecule has 2 aliphatic heterocycles. The molecule has 124 valence electrons. The van der Waals surface area contributed by atoms with E-state index in [4.69, 9.17) is 4.42 Å². The Kier molecular flexibility index (Phi) is 4.31. The van der Waals surface area contributed by atoms with Crippen LogP contribution >= 0.6 is 11.8 Å². The summed E-state index contributed by atoms with van der Waals surface area (Å²) in [6.45, 7) is 3.02. The van der Waals surface area contributed by atoms with Gasteiger partial charge in [-0.05, 0) is 12.3 Å². The highest BCUT2D eigenvalue weighted by Crippen LogP contribution is 2.32. The molecular formula is C15H14N4O4S. The maximum absolute atomic E-state index is 12.3. The van der Waals surface area contributed by atoms with Crippen LogP contribution in [-0.4, -0.2) is 42.1 Å². The second kappa shape index (κ2) is 6.41. The van der Waals surface area contributed by atoms with Gasteiger partial charge >= 0.3 is 5.97 Å². The average molecular weight is 346 g/mol. The van der Waals surface area contributed by atoms with Gasteiger partial charge in [-0.3, -0.25) is 15.1 Å². The number of thioether (sulfide) groups is 1. The van der Waals surface area contributed by atoms with E-state index in [0.29, 0.717) is 0 Å². The van der Waals surface area contributed by atoms with Crippen molar-refractivity contribution >= 4 is 34.7 Å². The molecule has 1 N–H and O–H groups in total. The molecule has 0 saturated heterocycles. The van der Waals surface area contributed by atoms with E-state index < -0.39 is 5.97 Å². The highest BCUT2D eigenvalue weighted by atomic mass is 32.2. The van der Waals surface area contributed by atoms with Gasteiger partial charge in [-0.15, -0.1) is 0 Å². The van der Waals surface area contributed by atoms with Crippen molar-refractivity contribution in [3.8, 4) is 6.07 Å². The molecular weight excluding hydrogens is 332 g/mol. The number of aryl methyl sites for hydroxylation is 1. The van der Waals surface area contributed by atoms with E-state index in [1.165, 1.54) is 25.8 Å². The first-order chi connectivity index (χ1) is 11.5. The smallest absolute Gasteiger partial charge is 0.342 e. The van der Waals surface area contributed by atoms with Crippen LogP contribution < -0.4 is 5.32 Å². The highest BCUT2D eigenvalue weighted by molar-refractivity contribution is 8.16. The first-order valence-electron chi connectivity index (χ1n) is 7.14. The van der Waals surface area contributed by atoms with Gasteiger partial charge < -0.3 is 14.1 Å². The van der Waals surface area contributed by atoms with Gasteiger partial charge in [0.2, 0.25) is 11.8 Å². The minimum Gasteiger partial charge on any atom is -0.465 e. The number of carbonyl (C=O) groups is 2. The zero-order valence-corrected chi connectivity index (χ0v) is 13.9. The summed E-state index contributed by atoms with van der Waals surface area (Å²) in [6, 6.07) is 1.88. The van der Waals surface area contributed by atoms with Gasteiger partial charge in [0.05, 0.1) is 20.1 Å². The molecule has 1 aromatic heterocycles. The summed E-state index contributed by atoms with van der Waals surface area (Å²) in [6.07, 6.45) is 0.129. The molecule has 1 amide bonds. The minimum atomic E-state index is -0.680. The lowest BCUT2D eigenvalue weighted by atomic mass is 10.1. The molecule has 0 spiro atoms. The number of nitriles is 1. The predicted octanol–water partition coefficient (Wildman–Crippen LogP) is 1.83. The third kappa shape index (κ3) is 2.76. The fourth-order valence-electron chi connectivity index (χ4n) is 2.54. The molecule has 3 heterocycles. The number of anilines is 1. The number of esters is 1. The molecule has 0 aliphatic carbocycles. The van der Waals surface area contributed by atoms with E-state index in [0.717, 1.165) is 24.0 Å². The molecule has 0 radical (unpaired) electrons. The summed E-state index contributed by atoms with van der Waals surface area (Å²) in [5, 5.41) is 14.6. The average Bonchev–Trinajstić information content (AvgIpc) is 3.22. The number of furan rings is 1. The summed E-state index contributed by atoms with van der Waals surface area (Å²) < 4.78 is 10.0. The topological polar surface area (TPSA) is 108 Å². The third-order valence-electron chi connectivity index (χ3n) is 3.63. The molecule has 0 saturated carbocycles. The van der Waals surface area contributed by atoms with Crippen molar-refractivity contribution in [1.82, 2.24) is 4.90 Å². The number of methoxy groups -OCH3 is 1. The van der Waals surface area contributed by atoms with Gasteiger partial charge in [0, 0.05) is 12.2 Å². The van der Waals surface area contributed by atoms with Crippen molar-refractivity contribution in [1.29, 1.82) is 5.26 Å². The standard InChI is InChI=1S/C15H14N4O4S/c1-8-12(14(21)22-2)10(6-16)13(23-8)18-11(20)5-9-7-24-15-17-3-4-19(9)15/h7H,3-5H2,1-2H3,(H,18,20). The van der Waals surface area contributed by atoms with E-state index >= 15 is 0 Å². The Morgan fingerprint density at radius 3 is 3.08 bits per heavy atom. The fourth-order valence-corrected chi connectivity index (χ4v) is 3.49. The number of hydrogen-bond donors (Lipinski definition) is 1. The summed E-state index contributed by atoms with van der Waals surface area (Å²) in [5.41, 5.74) is 0.842. The quantitative estimate of drug-likeness (QED) is 0.829. The van der Waals surface area contributed by atoms with Crippen LogP contribution in [0.15, 0.2) is 20.5 Å². The zero-order chi connectivity index (χ0) is 17.3.